The topological polar surface area (TPSA) is 105 Å². The van der Waals surface area contributed by atoms with Crippen LogP contribution in [0.5, 0.6) is 0 Å². The van der Waals surface area contributed by atoms with Crippen LogP contribution in [0.25, 0.3) is 0 Å². The van der Waals surface area contributed by atoms with Crippen LogP contribution >= 0.6 is 0 Å². The zero-order chi connectivity index (χ0) is 17.9. The van der Waals surface area contributed by atoms with Crippen LogP contribution in [0.2, 0.25) is 0 Å². The van der Waals surface area contributed by atoms with Crippen LogP contribution in [0.15, 0.2) is 24.3 Å². The number of sulfone groups is 1. The van der Waals surface area contributed by atoms with E-state index >= 15 is 0 Å². The molecule has 0 spiro atoms. The molecule has 0 bridgehead atoms. The maximum absolute atomic E-state index is 12.2. The Balaban J connectivity index is 1.63. The summed E-state index contributed by atoms with van der Waals surface area (Å²) in [6.07, 6.45) is 0.339. The third kappa shape index (κ3) is 4.49. The molecule has 0 aromatic heterocycles. The van der Waals surface area contributed by atoms with Crippen molar-refractivity contribution < 1.29 is 22.7 Å². The van der Waals surface area contributed by atoms with Gasteiger partial charge in [-0.15, -0.1) is 0 Å². The molecule has 2 heterocycles. The van der Waals surface area contributed by atoms with Crippen molar-refractivity contribution in [3.63, 3.8) is 0 Å². The number of ether oxygens (including phenoxy) is 1. The minimum atomic E-state index is -3.11. The largest absolute Gasteiger partial charge is 0.378 e. The highest BCUT2D eigenvalue weighted by Gasteiger charge is 2.30. The SMILES string of the molecule is O=C(Nc1ccccc1N1CCOCC1)C(=O)NC1CCS(=O)(=O)C1. The molecule has 9 heteroatoms. The van der Waals surface area contributed by atoms with Crippen molar-refractivity contribution in [3.8, 4) is 0 Å². The molecule has 2 aliphatic heterocycles. The molecule has 25 heavy (non-hydrogen) atoms. The highest BCUT2D eigenvalue weighted by molar-refractivity contribution is 7.91. The number of para-hydroxylation sites is 2. The van der Waals surface area contributed by atoms with E-state index in [2.05, 4.69) is 15.5 Å². The van der Waals surface area contributed by atoms with Gasteiger partial charge in [0, 0.05) is 19.1 Å². The summed E-state index contributed by atoms with van der Waals surface area (Å²) in [7, 11) is -3.11. The van der Waals surface area contributed by atoms with Gasteiger partial charge in [-0.3, -0.25) is 9.59 Å². The van der Waals surface area contributed by atoms with Gasteiger partial charge in [-0.05, 0) is 18.6 Å². The lowest BCUT2D eigenvalue weighted by Crippen LogP contribution is -2.42. The molecule has 1 atom stereocenters. The summed E-state index contributed by atoms with van der Waals surface area (Å²) in [5.74, 6) is -1.69. The number of nitrogens with zero attached hydrogens (tertiary/aromatic N) is 1. The monoisotopic (exact) mass is 367 g/mol. The Hall–Kier alpha value is -2.13. The fraction of sp³-hybridized carbons (Fsp3) is 0.500. The van der Waals surface area contributed by atoms with E-state index in [1.54, 1.807) is 12.1 Å². The Morgan fingerprint density at radius 3 is 2.52 bits per heavy atom. The normalized spacial score (nSPS) is 22.4. The van der Waals surface area contributed by atoms with Gasteiger partial charge in [0.15, 0.2) is 9.84 Å². The Labute approximate surface area is 146 Å². The lowest BCUT2D eigenvalue weighted by molar-refractivity contribution is -0.136. The van der Waals surface area contributed by atoms with Gasteiger partial charge in [-0.2, -0.15) is 0 Å². The Morgan fingerprint density at radius 2 is 1.84 bits per heavy atom. The molecule has 3 rings (SSSR count). The van der Waals surface area contributed by atoms with Crippen LogP contribution in [0.4, 0.5) is 11.4 Å². The summed E-state index contributed by atoms with van der Waals surface area (Å²) < 4.78 is 28.2. The first-order valence-electron chi connectivity index (χ1n) is 8.18. The molecular weight excluding hydrogens is 346 g/mol. The van der Waals surface area contributed by atoms with Crippen molar-refractivity contribution in [2.45, 2.75) is 12.5 Å². The smallest absolute Gasteiger partial charge is 0.313 e. The summed E-state index contributed by atoms with van der Waals surface area (Å²) >= 11 is 0. The minimum absolute atomic E-state index is 0.0411. The maximum atomic E-state index is 12.2. The second kappa shape index (κ2) is 7.40. The van der Waals surface area contributed by atoms with E-state index in [9.17, 15) is 18.0 Å². The molecule has 2 fully saturated rings. The van der Waals surface area contributed by atoms with Gasteiger partial charge >= 0.3 is 11.8 Å². The molecule has 0 saturated carbocycles. The predicted molar refractivity (Wildman–Crippen MR) is 93.3 cm³/mol. The summed E-state index contributed by atoms with van der Waals surface area (Å²) in [5, 5.41) is 5.11. The fourth-order valence-corrected chi connectivity index (χ4v) is 4.67. The third-order valence-electron chi connectivity index (χ3n) is 4.28. The van der Waals surface area contributed by atoms with Crippen molar-refractivity contribution in [2.24, 2.45) is 0 Å². The number of carbonyl (C=O) groups excluding carboxylic acids is 2. The number of hydrogen-bond acceptors (Lipinski definition) is 6. The van der Waals surface area contributed by atoms with E-state index in [4.69, 9.17) is 4.74 Å². The highest BCUT2D eigenvalue weighted by Crippen LogP contribution is 2.26. The van der Waals surface area contributed by atoms with Crippen molar-refractivity contribution in [1.29, 1.82) is 0 Å². The Kier molecular flexibility index (Phi) is 5.24. The second-order valence-corrected chi connectivity index (χ2v) is 8.37. The average molecular weight is 367 g/mol. The summed E-state index contributed by atoms with van der Waals surface area (Å²) in [6, 6.07) is 6.75. The maximum Gasteiger partial charge on any atom is 0.313 e. The van der Waals surface area contributed by atoms with E-state index in [1.807, 2.05) is 12.1 Å². The van der Waals surface area contributed by atoms with E-state index in [1.165, 1.54) is 0 Å². The zero-order valence-corrected chi connectivity index (χ0v) is 14.5. The molecular formula is C16H21N3O5S. The van der Waals surface area contributed by atoms with E-state index in [0.29, 0.717) is 38.4 Å². The summed E-state index contributed by atoms with van der Waals surface area (Å²) in [4.78, 5) is 26.3. The van der Waals surface area contributed by atoms with Crippen molar-refractivity contribution in [1.82, 2.24) is 5.32 Å². The molecule has 0 radical (unpaired) electrons. The molecule has 8 nitrogen and oxygen atoms in total. The zero-order valence-electron chi connectivity index (χ0n) is 13.7. The molecule has 2 amide bonds. The van der Waals surface area contributed by atoms with Gasteiger partial charge in [0.2, 0.25) is 0 Å². The molecule has 1 unspecified atom stereocenters. The van der Waals surface area contributed by atoms with Gasteiger partial charge in [0.1, 0.15) is 0 Å². The summed E-state index contributed by atoms with van der Waals surface area (Å²) in [5.41, 5.74) is 1.37. The first-order valence-corrected chi connectivity index (χ1v) is 10.0. The Bertz CT molecular complexity index is 759. The number of nitrogens with one attached hydrogen (secondary N) is 2. The van der Waals surface area contributed by atoms with Crippen molar-refractivity contribution >= 4 is 33.0 Å². The number of amides is 2. The number of carbonyl (C=O) groups is 2. The van der Waals surface area contributed by atoms with Crippen LogP contribution in [0.3, 0.4) is 0 Å². The summed E-state index contributed by atoms with van der Waals surface area (Å²) in [6.45, 7) is 2.63. The molecule has 1 aromatic carbocycles. The predicted octanol–water partition coefficient (Wildman–Crippen LogP) is -0.235. The van der Waals surface area contributed by atoms with Crippen LogP contribution < -0.4 is 15.5 Å². The average Bonchev–Trinajstić information content (AvgIpc) is 2.94. The van der Waals surface area contributed by atoms with Gasteiger partial charge in [-0.1, -0.05) is 12.1 Å². The number of anilines is 2. The van der Waals surface area contributed by atoms with E-state index in [0.717, 1.165) is 5.69 Å². The number of rotatable bonds is 3. The van der Waals surface area contributed by atoms with E-state index < -0.39 is 27.7 Å². The first kappa shape index (κ1) is 17.7. The molecule has 1 aromatic rings. The van der Waals surface area contributed by atoms with Crippen molar-refractivity contribution in [3.05, 3.63) is 24.3 Å². The number of hydrogen-bond donors (Lipinski definition) is 2. The van der Waals surface area contributed by atoms with Crippen LogP contribution in [0.1, 0.15) is 6.42 Å². The molecule has 2 aliphatic rings. The quantitative estimate of drug-likeness (QED) is 0.715. The lowest BCUT2D eigenvalue weighted by atomic mass is 10.2. The number of benzene rings is 1. The minimum Gasteiger partial charge on any atom is -0.378 e. The van der Waals surface area contributed by atoms with Gasteiger partial charge < -0.3 is 20.3 Å². The lowest BCUT2D eigenvalue weighted by Gasteiger charge is -2.30. The van der Waals surface area contributed by atoms with Gasteiger partial charge in [0.05, 0.1) is 36.1 Å². The van der Waals surface area contributed by atoms with Crippen LogP contribution in [-0.4, -0.2) is 64.1 Å². The highest BCUT2D eigenvalue weighted by atomic mass is 32.2. The third-order valence-corrected chi connectivity index (χ3v) is 6.05. The number of morpholine rings is 1. The fourth-order valence-electron chi connectivity index (χ4n) is 3.00. The molecule has 0 aliphatic carbocycles. The molecule has 2 saturated heterocycles. The van der Waals surface area contributed by atoms with Crippen LogP contribution in [0, 0.1) is 0 Å². The van der Waals surface area contributed by atoms with Gasteiger partial charge in [0.25, 0.3) is 0 Å². The van der Waals surface area contributed by atoms with E-state index in [-0.39, 0.29) is 11.5 Å². The first-order chi connectivity index (χ1) is 11.9. The van der Waals surface area contributed by atoms with Crippen molar-refractivity contribution in [2.75, 3.05) is 48.0 Å². The van der Waals surface area contributed by atoms with Gasteiger partial charge in [-0.25, -0.2) is 8.42 Å². The molecule has 136 valence electrons. The molecule has 2 N–H and O–H groups in total. The Morgan fingerprint density at radius 1 is 1.12 bits per heavy atom. The second-order valence-electron chi connectivity index (χ2n) is 6.14. The van der Waals surface area contributed by atoms with Crippen LogP contribution in [-0.2, 0) is 24.2 Å². The standard InChI is InChI=1S/C16H21N3O5S/c20-15(17-12-5-10-25(22,23)11-12)16(21)18-13-3-1-2-4-14(13)19-6-8-24-9-7-19/h1-4,12H,5-11H2,(H,17,20)(H,18,21).